The maximum absolute atomic E-state index is 12.3. The molecule has 5 nitrogen and oxygen atoms in total. The van der Waals surface area contributed by atoms with Gasteiger partial charge in [-0.1, -0.05) is 60.7 Å². The highest BCUT2D eigenvalue weighted by molar-refractivity contribution is 7.86. The Morgan fingerprint density at radius 2 is 1.59 bits per heavy atom. The van der Waals surface area contributed by atoms with Crippen LogP contribution >= 0.6 is 0 Å². The Kier molecular flexibility index (Phi) is 5.30. The van der Waals surface area contributed by atoms with Gasteiger partial charge < -0.3 is 5.32 Å². The molecule has 116 valence electrons. The van der Waals surface area contributed by atoms with Crippen LogP contribution in [0.3, 0.4) is 0 Å². The topological polar surface area (TPSA) is 72.5 Å². The van der Waals surface area contributed by atoms with Gasteiger partial charge in [0.2, 0.25) is 0 Å². The third kappa shape index (κ3) is 4.98. The van der Waals surface area contributed by atoms with Crippen LogP contribution < -0.4 is 5.32 Å². The monoisotopic (exact) mass is 319 g/mol. The zero-order valence-electron chi connectivity index (χ0n) is 12.1. The molecule has 1 N–H and O–H groups in total. The number of benzene rings is 2. The molecule has 0 aliphatic rings. The van der Waals surface area contributed by atoms with Crippen LogP contribution in [-0.4, -0.2) is 20.6 Å². The smallest absolute Gasteiger partial charge is 0.265 e. The van der Waals surface area contributed by atoms with E-state index in [9.17, 15) is 13.2 Å². The molecule has 22 heavy (non-hydrogen) atoms. The number of carbonyl (C=O) groups is 1. The van der Waals surface area contributed by atoms with Crippen LogP contribution in [0.1, 0.15) is 17.2 Å². The third-order valence-electron chi connectivity index (χ3n) is 2.92. The van der Waals surface area contributed by atoms with Gasteiger partial charge in [-0.15, -0.1) is 0 Å². The van der Waals surface area contributed by atoms with Gasteiger partial charge in [-0.05, 0) is 11.1 Å². The minimum atomic E-state index is -3.76. The first-order valence-electron chi connectivity index (χ1n) is 6.70. The van der Waals surface area contributed by atoms with Crippen molar-refractivity contribution >= 4 is 16.0 Å². The largest absolute Gasteiger partial charge is 0.349 e. The Morgan fingerprint density at radius 3 is 2.14 bits per heavy atom. The first kappa shape index (κ1) is 16.2. The lowest BCUT2D eigenvalue weighted by atomic mass is 10.1. The summed E-state index contributed by atoms with van der Waals surface area (Å²) in [6.45, 7) is 0.302. The van der Waals surface area contributed by atoms with Crippen LogP contribution in [0.2, 0.25) is 0 Å². The molecule has 0 saturated carbocycles. The standard InChI is InChI=1S/C16H17NO4S/c1-22(19,20)21-15(14-10-6-3-7-11-14)16(18)17-12-13-8-4-2-5-9-13/h2-11,15H,12H2,1H3,(H,17,18). The molecule has 1 atom stereocenters. The van der Waals surface area contributed by atoms with Gasteiger partial charge in [-0.2, -0.15) is 8.42 Å². The first-order chi connectivity index (χ1) is 10.5. The molecule has 1 amide bonds. The second kappa shape index (κ2) is 7.20. The van der Waals surface area contributed by atoms with E-state index in [-0.39, 0.29) is 0 Å². The fraction of sp³-hybridized carbons (Fsp3) is 0.188. The van der Waals surface area contributed by atoms with Gasteiger partial charge >= 0.3 is 0 Å². The van der Waals surface area contributed by atoms with Gasteiger partial charge in [-0.25, -0.2) is 0 Å². The van der Waals surface area contributed by atoms with Crippen molar-refractivity contribution in [3.05, 3.63) is 71.8 Å². The average Bonchev–Trinajstić information content (AvgIpc) is 2.51. The van der Waals surface area contributed by atoms with Crippen molar-refractivity contribution in [3.63, 3.8) is 0 Å². The average molecular weight is 319 g/mol. The fourth-order valence-corrected chi connectivity index (χ4v) is 2.48. The van der Waals surface area contributed by atoms with Gasteiger partial charge in [-0.3, -0.25) is 8.98 Å². The van der Waals surface area contributed by atoms with Gasteiger partial charge in [0.1, 0.15) is 0 Å². The summed E-state index contributed by atoms with van der Waals surface area (Å²) in [5.41, 5.74) is 1.40. The Balaban J connectivity index is 2.12. The maximum atomic E-state index is 12.3. The van der Waals surface area contributed by atoms with Crippen molar-refractivity contribution in [2.45, 2.75) is 12.6 Å². The molecule has 0 aliphatic carbocycles. The zero-order chi connectivity index (χ0) is 16.0. The number of nitrogens with one attached hydrogen (secondary N) is 1. The van der Waals surface area contributed by atoms with Crippen molar-refractivity contribution in [3.8, 4) is 0 Å². The van der Waals surface area contributed by atoms with Crippen LogP contribution in [0, 0.1) is 0 Å². The van der Waals surface area contributed by atoms with E-state index in [0.29, 0.717) is 12.1 Å². The van der Waals surface area contributed by atoms with Crippen LogP contribution in [-0.2, 0) is 25.6 Å². The SMILES string of the molecule is CS(=O)(=O)OC(C(=O)NCc1ccccc1)c1ccccc1. The Hall–Kier alpha value is -2.18. The van der Waals surface area contributed by atoms with Crippen LogP contribution in [0.5, 0.6) is 0 Å². The van der Waals surface area contributed by atoms with Gasteiger partial charge in [0, 0.05) is 6.54 Å². The molecule has 0 saturated heterocycles. The van der Waals surface area contributed by atoms with E-state index >= 15 is 0 Å². The molecule has 6 heteroatoms. The summed E-state index contributed by atoms with van der Waals surface area (Å²) in [6, 6.07) is 17.9. The molecular weight excluding hydrogens is 302 g/mol. The zero-order valence-corrected chi connectivity index (χ0v) is 12.9. The van der Waals surface area contributed by atoms with Gasteiger partial charge in [0.05, 0.1) is 6.26 Å². The maximum Gasteiger partial charge on any atom is 0.265 e. The molecule has 0 bridgehead atoms. The molecule has 2 aromatic carbocycles. The molecule has 2 rings (SSSR count). The summed E-state index contributed by atoms with van der Waals surface area (Å²) in [5, 5.41) is 2.69. The minimum absolute atomic E-state index is 0.302. The molecule has 0 aromatic heterocycles. The van der Waals surface area contributed by atoms with E-state index in [1.807, 2.05) is 30.3 Å². The van der Waals surface area contributed by atoms with Crippen molar-refractivity contribution in [2.75, 3.05) is 6.26 Å². The molecule has 0 spiro atoms. The second-order valence-electron chi connectivity index (χ2n) is 4.79. The lowest BCUT2D eigenvalue weighted by molar-refractivity contribution is -0.128. The quantitative estimate of drug-likeness (QED) is 0.827. The van der Waals surface area contributed by atoms with Gasteiger partial charge in [0.15, 0.2) is 6.10 Å². The van der Waals surface area contributed by atoms with Crippen molar-refractivity contribution in [1.29, 1.82) is 0 Å². The third-order valence-corrected chi connectivity index (χ3v) is 3.46. The van der Waals surface area contributed by atoms with E-state index in [1.165, 1.54) is 0 Å². The summed E-state index contributed by atoms with van der Waals surface area (Å²) in [5.74, 6) is -0.500. The number of hydrogen-bond donors (Lipinski definition) is 1. The normalized spacial score (nSPS) is 12.6. The van der Waals surface area contributed by atoms with E-state index < -0.39 is 22.1 Å². The summed E-state index contributed by atoms with van der Waals surface area (Å²) in [6.07, 6.45) is -0.271. The molecule has 2 aromatic rings. The van der Waals surface area contributed by atoms with E-state index in [2.05, 4.69) is 5.32 Å². The molecule has 0 fully saturated rings. The number of hydrogen-bond acceptors (Lipinski definition) is 4. The Bertz CT molecular complexity index is 714. The molecular formula is C16H17NO4S. The van der Waals surface area contributed by atoms with Crippen molar-refractivity contribution in [1.82, 2.24) is 5.32 Å². The Labute approximate surface area is 130 Å². The number of carbonyl (C=O) groups excluding carboxylic acids is 1. The Morgan fingerprint density at radius 1 is 1.05 bits per heavy atom. The summed E-state index contributed by atoms with van der Waals surface area (Å²) in [4.78, 5) is 12.3. The van der Waals surface area contributed by atoms with Gasteiger partial charge in [0.25, 0.3) is 16.0 Å². The van der Waals surface area contributed by atoms with E-state index in [0.717, 1.165) is 11.8 Å². The summed E-state index contributed by atoms with van der Waals surface area (Å²) in [7, 11) is -3.76. The first-order valence-corrected chi connectivity index (χ1v) is 8.52. The molecule has 0 radical (unpaired) electrons. The highest BCUT2D eigenvalue weighted by atomic mass is 32.2. The lowest BCUT2D eigenvalue weighted by Crippen LogP contribution is -2.31. The highest BCUT2D eigenvalue weighted by Crippen LogP contribution is 2.19. The minimum Gasteiger partial charge on any atom is -0.349 e. The highest BCUT2D eigenvalue weighted by Gasteiger charge is 2.25. The van der Waals surface area contributed by atoms with E-state index in [1.54, 1.807) is 30.3 Å². The second-order valence-corrected chi connectivity index (χ2v) is 6.40. The van der Waals surface area contributed by atoms with Crippen molar-refractivity contribution < 1.29 is 17.4 Å². The van der Waals surface area contributed by atoms with E-state index in [4.69, 9.17) is 4.18 Å². The predicted octanol–water partition coefficient (Wildman–Crippen LogP) is 2.02. The van der Waals surface area contributed by atoms with Crippen LogP contribution in [0.4, 0.5) is 0 Å². The lowest BCUT2D eigenvalue weighted by Gasteiger charge is -2.16. The number of rotatable bonds is 6. The fourth-order valence-electron chi connectivity index (χ4n) is 1.93. The molecule has 0 aliphatic heterocycles. The molecule has 0 heterocycles. The number of amides is 1. The van der Waals surface area contributed by atoms with Crippen LogP contribution in [0.25, 0.3) is 0 Å². The summed E-state index contributed by atoms with van der Waals surface area (Å²) < 4.78 is 27.7. The molecule has 1 unspecified atom stereocenters. The predicted molar refractivity (Wildman–Crippen MR) is 83.4 cm³/mol. The van der Waals surface area contributed by atoms with Crippen molar-refractivity contribution in [2.24, 2.45) is 0 Å². The summed E-state index contributed by atoms with van der Waals surface area (Å²) >= 11 is 0. The van der Waals surface area contributed by atoms with Crippen LogP contribution in [0.15, 0.2) is 60.7 Å².